The maximum Gasteiger partial charge on any atom is 0.258 e. The van der Waals surface area contributed by atoms with Crippen molar-refractivity contribution in [2.75, 3.05) is 17.2 Å². The van der Waals surface area contributed by atoms with Gasteiger partial charge >= 0.3 is 0 Å². The second-order valence-corrected chi connectivity index (χ2v) is 5.12. The van der Waals surface area contributed by atoms with Gasteiger partial charge in [-0.2, -0.15) is 0 Å². The maximum atomic E-state index is 13.3. The van der Waals surface area contributed by atoms with E-state index in [1.165, 1.54) is 18.2 Å². The topological polar surface area (TPSA) is 46.3 Å². The standard InChI is InChI=1S/C15H12ClFN2O/c16-12-7-10(2-4-13(12)18)15(20)19-6-5-9-1-3-11(17)8-14(9)19/h1-4,7-8H,5-6,18H2. The molecule has 2 N–H and O–H groups in total. The number of hydrogen-bond donors (Lipinski definition) is 1. The van der Waals surface area contributed by atoms with Crippen LogP contribution in [0.15, 0.2) is 36.4 Å². The van der Waals surface area contributed by atoms with E-state index < -0.39 is 0 Å². The Morgan fingerprint density at radius 3 is 2.80 bits per heavy atom. The van der Waals surface area contributed by atoms with Crippen LogP contribution in [0, 0.1) is 5.82 Å². The lowest BCUT2D eigenvalue weighted by molar-refractivity contribution is 0.0989. The Hall–Kier alpha value is -2.07. The van der Waals surface area contributed by atoms with Gasteiger partial charge in [0, 0.05) is 12.1 Å². The molecule has 0 atom stereocenters. The van der Waals surface area contributed by atoms with E-state index in [1.54, 1.807) is 23.1 Å². The number of hydrogen-bond acceptors (Lipinski definition) is 2. The molecule has 0 unspecified atom stereocenters. The zero-order valence-electron chi connectivity index (χ0n) is 10.6. The molecule has 0 radical (unpaired) electrons. The Labute approximate surface area is 120 Å². The minimum absolute atomic E-state index is 0.198. The maximum absolute atomic E-state index is 13.3. The molecule has 1 aliphatic heterocycles. The average molecular weight is 291 g/mol. The number of benzene rings is 2. The summed E-state index contributed by atoms with van der Waals surface area (Å²) in [6.07, 6.45) is 0.726. The van der Waals surface area contributed by atoms with Gasteiger partial charge in [0.2, 0.25) is 0 Å². The number of nitrogen functional groups attached to an aromatic ring is 1. The summed E-state index contributed by atoms with van der Waals surface area (Å²) < 4.78 is 13.3. The van der Waals surface area contributed by atoms with Crippen molar-refractivity contribution in [3.63, 3.8) is 0 Å². The number of nitrogens with two attached hydrogens (primary N) is 1. The second-order valence-electron chi connectivity index (χ2n) is 4.72. The third kappa shape index (κ3) is 2.12. The Balaban J connectivity index is 1.97. The van der Waals surface area contributed by atoms with E-state index in [0.29, 0.717) is 28.5 Å². The van der Waals surface area contributed by atoms with Gasteiger partial charge in [-0.15, -0.1) is 0 Å². The number of amides is 1. The van der Waals surface area contributed by atoms with Gasteiger partial charge in [-0.25, -0.2) is 4.39 Å². The molecule has 0 aromatic heterocycles. The van der Waals surface area contributed by atoms with Crippen LogP contribution in [0.4, 0.5) is 15.8 Å². The number of nitrogens with zero attached hydrogens (tertiary/aromatic N) is 1. The molecule has 3 rings (SSSR count). The van der Waals surface area contributed by atoms with Crippen molar-refractivity contribution in [2.24, 2.45) is 0 Å². The largest absolute Gasteiger partial charge is 0.398 e. The van der Waals surface area contributed by atoms with Crippen molar-refractivity contribution in [1.82, 2.24) is 0 Å². The molecular weight excluding hydrogens is 279 g/mol. The number of carbonyl (C=O) groups is 1. The molecule has 5 heteroatoms. The van der Waals surface area contributed by atoms with E-state index in [1.807, 2.05) is 0 Å². The first-order valence-corrected chi connectivity index (χ1v) is 6.59. The fraction of sp³-hybridized carbons (Fsp3) is 0.133. The van der Waals surface area contributed by atoms with Crippen LogP contribution in [-0.4, -0.2) is 12.5 Å². The smallest absolute Gasteiger partial charge is 0.258 e. The van der Waals surface area contributed by atoms with Crippen molar-refractivity contribution in [3.8, 4) is 0 Å². The molecule has 0 aliphatic carbocycles. The monoisotopic (exact) mass is 290 g/mol. The Morgan fingerprint density at radius 2 is 2.05 bits per heavy atom. The Kier molecular flexibility index (Phi) is 3.10. The first kappa shape index (κ1) is 12.9. The lowest BCUT2D eigenvalue weighted by atomic mass is 10.1. The molecule has 0 fully saturated rings. The highest BCUT2D eigenvalue weighted by molar-refractivity contribution is 6.33. The fourth-order valence-electron chi connectivity index (χ4n) is 2.38. The zero-order chi connectivity index (χ0) is 14.3. The normalized spacial score (nSPS) is 13.4. The summed E-state index contributed by atoms with van der Waals surface area (Å²) >= 11 is 5.93. The second kappa shape index (κ2) is 4.80. The summed E-state index contributed by atoms with van der Waals surface area (Å²) in [6.45, 7) is 0.541. The molecule has 102 valence electrons. The van der Waals surface area contributed by atoms with E-state index in [9.17, 15) is 9.18 Å². The highest BCUT2D eigenvalue weighted by Crippen LogP contribution is 2.30. The molecule has 3 nitrogen and oxygen atoms in total. The molecule has 1 aliphatic rings. The van der Waals surface area contributed by atoms with Crippen LogP contribution in [0.5, 0.6) is 0 Å². The molecule has 1 amide bonds. The van der Waals surface area contributed by atoms with Crippen molar-refractivity contribution < 1.29 is 9.18 Å². The first-order chi connectivity index (χ1) is 9.56. The van der Waals surface area contributed by atoms with Gasteiger partial charge < -0.3 is 10.6 Å². The van der Waals surface area contributed by atoms with Gasteiger partial charge in [-0.1, -0.05) is 17.7 Å². The van der Waals surface area contributed by atoms with Crippen LogP contribution < -0.4 is 10.6 Å². The Bertz CT molecular complexity index is 702. The summed E-state index contributed by atoms with van der Waals surface area (Å²) in [5, 5.41) is 0.342. The minimum Gasteiger partial charge on any atom is -0.398 e. The number of halogens is 2. The van der Waals surface area contributed by atoms with Crippen molar-refractivity contribution in [1.29, 1.82) is 0 Å². The average Bonchev–Trinajstić information content (AvgIpc) is 2.84. The summed E-state index contributed by atoms with van der Waals surface area (Å²) in [4.78, 5) is 14.1. The van der Waals surface area contributed by atoms with Crippen LogP contribution in [-0.2, 0) is 6.42 Å². The fourth-order valence-corrected chi connectivity index (χ4v) is 2.56. The first-order valence-electron chi connectivity index (χ1n) is 6.21. The van der Waals surface area contributed by atoms with Gasteiger partial charge in [-0.05, 0) is 42.3 Å². The van der Waals surface area contributed by atoms with Gasteiger partial charge in [0.05, 0.1) is 16.4 Å². The summed E-state index contributed by atoms with van der Waals surface area (Å²) in [7, 11) is 0. The molecular formula is C15H12ClFN2O. The molecule has 0 saturated heterocycles. The van der Waals surface area contributed by atoms with Crippen LogP contribution in [0.25, 0.3) is 0 Å². The lowest BCUT2D eigenvalue weighted by Crippen LogP contribution is -2.28. The number of fused-ring (bicyclic) bond motifs is 1. The highest BCUT2D eigenvalue weighted by Gasteiger charge is 2.26. The molecule has 0 saturated carbocycles. The highest BCUT2D eigenvalue weighted by atomic mass is 35.5. The molecule has 2 aromatic carbocycles. The molecule has 0 bridgehead atoms. The van der Waals surface area contributed by atoms with Gasteiger partial charge in [0.1, 0.15) is 5.82 Å². The quantitative estimate of drug-likeness (QED) is 0.819. The van der Waals surface area contributed by atoms with E-state index in [4.69, 9.17) is 17.3 Å². The summed E-state index contributed by atoms with van der Waals surface area (Å²) in [5.41, 5.74) is 8.11. The predicted octanol–water partition coefficient (Wildman–Crippen LogP) is 3.26. The van der Waals surface area contributed by atoms with Crippen LogP contribution in [0.3, 0.4) is 0 Å². The van der Waals surface area contributed by atoms with E-state index in [2.05, 4.69) is 0 Å². The van der Waals surface area contributed by atoms with Crippen LogP contribution in [0.1, 0.15) is 15.9 Å². The molecule has 20 heavy (non-hydrogen) atoms. The summed E-state index contributed by atoms with van der Waals surface area (Å²) in [6, 6.07) is 9.27. The van der Waals surface area contributed by atoms with Crippen LogP contribution in [0.2, 0.25) is 5.02 Å². The SMILES string of the molecule is Nc1ccc(C(=O)N2CCc3ccc(F)cc32)cc1Cl. The third-order valence-electron chi connectivity index (χ3n) is 3.44. The minimum atomic E-state index is -0.348. The molecule has 1 heterocycles. The summed E-state index contributed by atoms with van der Waals surface area (Å²) in [5.74, 6) is -0.546. The predicted molar refractivity (Wildman–Crippen MR) is 77.6 cm³/mol. The van der Waals surface area contributed by atoms with E-state index in [0.717, 1.165) is 12.0 Å². The van der Waals surface area contributed by atoms with Gasteiger partial charge in [0.25, 0.3) is 5.91 Å². The zero-order valence-corrected chi connectivity index (χ0v) is 11.3. The lowest BCUT2D eigenvalue weighted by Gasteiger charge is -2.17. The number of anilines is 2. The van der Waals surface area contributed by atoms with Crippen molar-refractivity contribution in [2.45, 2.75) is 6.42 Å². The molecule has 2 aromatic rings. The van der Waals surface area contributed by atoms with Gasteiger partial charge in [-0.3, -0.25) is 4.79 Å². The number of carbonyl (C=O) groups excluding carboxylic acids is 1. The van der Waals surface area contributed by atoms with E-state index in [-0.39, 0.29) is 11.7 Å². The van der Waals surface area contributed by atoms with Crippen molar-refractivity contribution in [3.05, 3.63) is 58.4 Å². The third-order valence-corrected chi connectivity index (χ3v) is 3.76. The van der Waals surface area contributed by atoms with Gasteiger partial charge in [0.15, 0.2) is 0 Å². The Morgan fingerprint density at radius 1 is 1.25 bits per heavy atom. The van der Waals surface area contributed by atoms with E-state index >= 15 is 0 Å². The number of rotatable bonds is 1. The van der Waals surface area contributed by atoms with Crippen LogP contribution >= 0.6 is 11.6 Å². The van der Waals surface area contributed by atoms with Crippen molar-refractivity contribution >= 4 is 28.9 Å². The molecule has 0 spiro atoms.